The highest BCUT2D eigenvalue weighted by Gasteiger charge is 2.11. The first-order chi connectivity index (χ1) is 15.0. The van der Waals surface area contributed by atoms with Crippen molar-refractivity contribution in [2.75, 3.05) is 10.6 Å². The fourth-order valence-corrected chi connectivity index (χ4v) is 3.79. The van der Waals surface area contributed by atoms with Crippen LogP contribution in [0.15, 0.2) is 70.7 Å². The van der Waals surface area contributed by atoms with Crippen LogP contribution in [0, 0.1) is 13.8 Å². The molecular weight excluding hydrogens is 410 g/mol. The summed E-state index contributed by atoms with van der Waals surface area (Å²) < 4.78 is 0. The maximum absolute atomic E-state index is 12.2. The van der Waals surface area contributed by atoms with E-state index >= 15 is 0 Å². The van der Waals surface area contributed by atoms with E-state index in [1.807, 2.05) is 62.4 Å². The van der Waals surface area contributed by atoms with Gasteiger partial charge < -0.3 is 10.6 Å². The standard InChI is InChI=1S/C22H21N7OS/c1-14-7-6-10-18(11-14)31-22-24-15(2)23-21(27-22)26-19-12-17(28-29-19)13-20(30)25-16-8-4-3-5-9-16/h3-12H,13H2,1-2H3,(H,25,30)(H2,23,24,26,27,28,29). The quantitative estimate of drug-likeness (QED) is 0.401. The van der Waals surface area contributed by atoms with Crippen molar-refractivity contribution >= 4 is 35.1 Å². The van der Waals surface area contributed by atoms with E-state index in [4.69, 9.17) is 0 Å². The van der Waals surface area contributed by atoms with Gasteiger partial charge in [-0.15, -0.1) is 0 Å². The van der Waals surface area contributed by atoms with E-state index in [9.17, 15) is 4.79 Å². The van der Waals surface area contributed by atoms with Gasteiger partial charge in [0, 0.05) is 22.3 Å². The zero-order valence-electron chi connectivity index (χ0n) is 17.1. The predicted molar refractivity (Wildman–Crippen MR) is 121 cm³/mol. The molecule has 0 atom stereocenters. The fourth-order valence-electron chi connectivity index (χ4n) is 2.87. The summed E-state index contributed by atoms with van der Waals surface area (Å²) in [6.07, 6.45) is 0.175. The monoisotopic (exact) mass is 431 g/mol. The lowest BCUT2D eigenvalue weighted by Gasteiger charge is -2.06. The maximum Gasteiger partial charge on any atom is 0.232 e. The Morgan fingerprint density at radius 1 is 1.00 bits per heavy atom. The predicted octanol–water partition coefficient (Wildman–Crippen LogP) is 4.29. The van der Waals surface area contributed by atoms with Gasteiger partial charge in [-0.25, -0.2) is 4.98 Å². The number of hydrogen-bond donors (Lipinski definition) is 3. The number of aromatic nitrogens is 5. The first kappa shape index (κ1) is 20.5. The summed E-state index contributed by atoms with van der Waals surface area (Å²) in [5, 5.41) is 13.6. The molecule has 1 amide bonds. The molecule has 156 valence electrons. The number of amides is 1. The lowest BCUT2D eigenvalue weighted by Crippen LogP contribution is -2.14. The molecule has 4 rings (SSSR count). The van der Waals surface area contributed by atoms with Gasteiger partial charge >= 0.3 is 0 Å². The number of nitrogens with zero attached hydrogens (tertiary/aromatic N) is 4. The Kier molecular flexibility index (Phi) is 6.23. The van der Waals surface area contributed by atoms with E-state index in [1.54, 1.807) is 6.07 Å². The first-order valence-corrected chi connectivity index (χ1v) is 10.5. The number of rotatable bonds is 7. The van der Waals surface area contributed by atoms with Crippen LogP contribution in [0.5, 0.6) is 0 Å². The van der Waals surface area contributed by atoms with Gasteiger partial charge in [0.1, 0.15) is 5.82 Å². The summed E-state index contributed by atoms with van der Waals surface area (Å²) in [6.45, 7) is 3.86. The van der Waals surface area contributed by atoms with Gasteiger partial charge in [-0.1, -0.05) is 35.9 Å². The van der Waals surface area contributed by atoms with E-state index < -0.39 is 0 Å². The second-order valence-corrected chi connectivity index (χ2v) is 7.94. The Hall–Kier alpha value is -3.72. The molecule has 0 aliphatic heterocycles. The average Bonchev–Trinajstić information content (AvgIpc) is 3.14. The molecule has 0 fully saturated rings. The van der Waals surface area contributed by atoms with Crippen LogP contribution in [-0.2, 0) is 11.2 Å². The highest BCUT2D eigenvalue weighted by molar-refractivity contribution is 7.99. The van der Waals surface area contributed by atoms with E-state index in [0.717, 1.165) is 10.6 Å². The second-order valence-electron chi connectivity index (χ2n) is 6.90. The van der Waals surface area contributed by atoms with Gasteiger partial charge in [0.05, 0.1) is 6.42 Å². The zero-order chi connectivity index (χ0) is 21.6. The smallest absolute Gasteiger partial charge is 0.232 e. The van der Waals surface area contributed by atoms with Crippen molar-refractivity contribution in [1.29, 1.82) is 0 Å². The van der Waals surface area contributed by atoms with Crippen molar-refractivity contribution in [3.63, 3.8) is 0 Å². The maximum atomic E-state index is 12.2. The Balaban J connectivity index is 1.41. The molecule has 0 aliphatic rings. The van der Waals surface area contributed by atoms with Crippen LogP contribution in [0.25, 0.3) is 0 Å². The van der Waals surface area contributed by atoms with Crippen molar-refractivity contribution in [1.82, 2.24) is 25.1 Å². The Bertz CT molecular complexity index is 1190. The minimum absolute atomic E-state index is 0.130. The number of aromatic amines is 1. The van der Waals surface area contributed by atoms with Crippen LogP contribution in [0.1, 0.15) is 17.1 Å². The molecule has 2 heterocycles. The van der Waals surface area contributed by atoms with E-state index in [0.29, 0.717) is 28.4 Å². The average molecular weight is 432 g/mol. The third-order valence-electron chi connectivity index (χ3n) is 4.20. The number of H-pyrrole nitrogens is 1. The summed E-state index contributed by atoms with van der Waals surface area (Å²) in [6, 6.07) is 19.2. The fraction of sp³-hybridized carbons (Fsp3) is 0.136. The van der Waals surface area contributed by atoms with Crippen molar-refractivity contribution in [3.8, 4) is 0 Å². The highest BCUT2D eigenvalue weighted by atomic mass is 32.2. The van der Waals surface area contributed by atoms with Crippen LogP contribution >= 0.6 is 11.8 Å². The number of benzene rings is 2. The molecular formula is C22H21N7OS. The lowest BCUT2D eigenvalue weighted by atomic mass is 10.2. The molecule has 0 radical (unpaired) electrons. The molecule has 0 aliphatic carbocycles. The van der Waals surface area contributed by atoms with Crippen molar-refractivity contribution in [3.05, 3.63) is 77.7 Å². The molecule has 0 saturated heterocycles. The minimum Gasteiger partial charge on any atom is -0.326 e. The van der Waals surface area contributed by atoms with Crippen LogP contribution in [0.4, 0.5) is 17.5 Å². The first-order valence-electron chi connectivity index (χ1n) is 9.67. The SMILES string of the molecule is Cc1cccc(Sc2nc(C)nc(Nc3cc(CC(=O)Nc4ccccc4)[nH]n3)n2)c1. The van der Waals surface area contributed by atoms with Crippen LogP contribution < -0.4 is 10.6 Å². The zero-order valence-corrected chi connectivity index (χ0v) is 17.9. The summed E-state index contributed by atoms with van der Waals surface area (Å²) in [5.74, 6) is 1.40. The summed E-state index contributed by atoms with van der Waals surface area (Å²) in [7, 11) is 0. The molecule has 0 unspecified atom stereocenters. The number of aryl methyl sites for hydroxylation is 2. The molecule has 4 aromatic rings. The Labute approximate surface area is 184 Å². The van der Waals surface area contributed by atoms with Gasteiger partial charge in [0.15, 0.2) is 11.0 Å². The molecule has 2 aromatic carbocycles. The molecule has 9 heteroatoms. The third kappa shape index (κ3) is 5.89. The van der Waals surface area contributed by atoms with Gasteiger partial charge in [0.2, 0.25) is 11.9 Å². The van der Waals surface area contributed by atoms with Crippen LogP contribution in [-0.4, -0.2) is 31.1 Å². The normalized spacial score (nSPS) is 10.6. The molecule has 0 saturated carbocycles. The summed E-state index contributed by atoms with van der Waals surface area (Å²) >= 11 is 1.47. The molecule has 0 bridgehead atoms. The number of carbonyl (C=O) groups is 1. The number of nitrogens with one attached hydrogen (secondary N) is 3. The van der Waals surface area contributed by atoms with E-state index in [2.05, 4.69) is 41.8 Å². The van der Waals surface area contributed by atoms with Crippen molar-refractivity contribution < 1.29 is 4.79 Å². The van der Waals surface area contributed by atoms with Gasteiger partial charge in [-0.05, 0) is 49.9 Å². The molecule has 3 N–H and O–H groups in total. The number of carbonyl (C=O) groups excluding carboxylic acids is 1. The highest BCUT2D eigenvalue weighted by Crippen LogP contribution is 2.26. The van der Waals surface area contributed by atoms with Crippen LogP contribution in [0.3, 0.4) is 0 Å². The molecule has 0 spiro atoms. The number of anilines is 3. The second kappa shape index (κ2) is 9.40. The van der Waals surface area contributed by atoms with Crippen LogP contribution in [0.2, 0.25) is 0 Å². The summed E-state index contributed by atoms with van der Waals surface area (Å²) in [5.41, 5.74) is 2.61. The molecule has 8 nitrogen and oxygen atoms in total. The third-order valence-corrected chi connectivity index (χ3v) is 5.06. The summed E-state index contributed by atoms with van der Waals surface area (Å²) in [4.78, 5) is 26.5. The number of hydrogen-bond acceptors (Lipinski definition) is 7. The topological polar surface area (TPSA) is 108 Å². The Morgan fingerprint density at radius 3 is 2.65 bits per heavy atom. The Morgan fingerprint density at radius 2 is 1.84 bits per heavy atom. The lowest BCUT2D eigenvalue weighted by molar-refractivity contribution is -0.115. The van der Waals surface area contributed by atoms with Crippen molar-refractivity contribution in [2.24, 2.45) is 0 Å². The van der Waals surface area contributed by atoms with Gasteiger partial charge in [-0.2, -0.15) is 15.1 Å². The molecule has 31 heavy (non-hydrogen) atoms. The van der Waals surface area contributed by atoms with Gasteiger partial charge in [-0.3, -0.25) is 9.89 Å². The number of para-hydroxylation sites is 1. The van der Waals surface area contributed by atoms with E-state index in [1.165, 1.54) is 17.3 Å². The largest absolute Gasteiger partial charge is 0.326 e. The van der Waals surface area contributed by atoms with Gasteiger partial charge in [0.25, 0.3) is 0 Å². The molecule has 2 aromatic heterocycles. The van der Waals surface area contributed by atoms with E-state index in [-0.39, 0.29) is 12.3 Å². The van der Waals surface area contributed by atoms with Crippen molar-refractivity contribution in [2.45, 2.75) is 30.3 Å². The minimum atomic E-state index is -0.130.